The molecule has 0 spiro atoms. The summed E-state index contributed by atoms with van der Waals surface area (Å²) in [5.74, 6) is 7.84. The van der Waals surface area contributed by atoms with Gasteiger partial charge in [0.15, 0.2) is 0 Å². The van der Waals surface area contributed by atoms with Crippen molar-refractivity contribution in [3.63, 3.8) is 0 Å². The fraction of sp³-hybridized carbons (Fsp3) is 0.538. The van der Waals surface area contributed by atoms with Crippen molar-refractivity contribution in [2.75, 3.05) is 11.5 Å². The zero-order chi connectivity index (χ0) is 13.0. The van der Waals surface area contributed by atoms with Crippen LogP contribution in [0.15, 0.2) is 24.3 Å². The number of hydrogen-bond acceptors (Lipinski definition) is 4. The van der Waals surface area contributed by atoms with E-state index in [-0.39, 0.29) is 11.9 Å². The Morgan fingerprint density at radius 2 is 2.22 bits per heavy atom. The lowest BCUT2D eigenvalue weighted by Gasteiger charge is -2.35. The third-order valence-electron chi connectivity index (χ3n) is 3.21. The van der Waals surface area contributed by atoms with Crippen LogP contribution in [-0.2, 0) is 0 Å². The third kappa shape index (κ3) is 3.20. The predicted molar refractivity (Wildman–Crippen MR) is 79.2 cm³/mol. The Bertz CT molecular complexity index is 389. The van der Waals surface area contributed by atoms with Gasteiger partial charge < -0.3 is 0 Å². The number of benzene rings is 1. The van der Waals surface area contributed by atoms with Crippen LogP contribution in [0.1, 0.15) is 24.9 Å². The molecule has 1 aliphatic rings. The molecule has 100 valence electrons. The van der Waals surface area contributed by atoms with Gasteiger partial charge in [0, 0.05) is 22.0 Å². The molecule has 1 aromatic rings. The summed E-state index contributed by atoms with van der Waals surface area (Å²) in [6, 6.07) is 6.76. The molecule has 0 saturated carbocycles. The minimum Gasteiger partial charge on any atom is -0.271 e. The molecule has 0 aliphatic carbocycles. The maximum atomic E-state index is 13.3. The SMILES string of the molecule is CCC1SCCSC1C(NN)c1cccc(F)c1. The molecule has 0 bridgehead atoms. The van der Waals surface area contributed by atoms with Crippen LogP contribution >= 0.6 is 23.5 Å². The second-order valence-corrected chi connectivity index (χ2v) is 6.99. The largest absolute Gasteiger partial charge is 0.271 e. The van der Waals surface area contributed by atoms with Gasteiger partial charge in [-0.25, -0.2) is 4.39 Å². The van der Waals surface area contributed by atoms with Gasteiger partial charge in [-0.2, -0.15) is 23.5 Å². The van der Waals surface area contributed by atoms with Gasteiger partial charge in [-0.1, -0.05) is 19.1 Å². The topological polar surface area (TPSA) is 38.0 Å². The molecule has 1 saturated heterocycles. The van der Waals surface area contributed by atoms with Crippen LogP contribution in [0.2, 0.25) is 0 Å². The Hall–Kier alpha value is -0.230. The average Bonchev–Trinajstić information content (AvgIpc) is 2.40. The first-order chi connectivity index (χ1) is 8.76. The molecule has 1 aliphatic heterocycles. The van der Waals surface area contributed by atoms with E-state index in [4.69, 9.17) is 5.84 Å². The highest BCUT2D eigenvalue weighted by atomic mass is 32.2. The Kier molecular flexibility index (Phi) is 5.36. The predicted octanol–water partition coefficient (Wildman–Crippen LogP) is 2.96. The van der Waals surface area contributed by atoms with Gasteiger partial charge in [-0.05, 0) is 24.1 Å². The summed E-state index contributed by atoms with van der Waals surface area (Å²) in [5.41, 5.74) is 3.82. The van der Waals surface area contributed by atoms with Crippen molar-refractivity contribution in [3.05, 3.63) is 35.6 Å². The summed E-state index contributed by atoms with van der Waals surface area (Å²) in [5, 5.41) is 0.980. The Morgan fingerprint density at radius 3 is 2.89 bits per heavy atom. The van der Waals surface area contributed by atoms with Crippen LogP contribution in [0.25, 0.3) is 0 Å². The van der Waals surface area contributed by atoms with Crippen molar-refractivity contribution in [2.45, 2.75) is 29.9 Å². The van der Waals surface area contributed by atoms with E-state index in [2.05, 4.69) is 12.3 Å². The molecule has 18 heavy (non-hydrogen) atoms. The van der Waals surface area contributed by atoms with Crippen molar-refractivity contribution < 1.29 is 4.39 Å². The molecule has 1 fully saturated rings. The summed E-state index contributed by atoms with van der Waals surface area (Å²) < 4.78 is 13.3. The van der Waals surface area contributed by atoms with Crippen molar-refractivity contribution in [3.8, 4) is 0 Å². The highest BCUT2D eigenvalue weighted by molar-refractivity contribution is 8.07. The van der Waals surface area contributed by atoms with Gasteiger partial charge in [0.25, 0.3) is 0 Å². The lowest BCUT2D eigenvalue weighted by Crippen LogP contribution is -2.41. The standard InChI is InChI=1S/C13H19FN2S2/c1-2-11-13(18-7-6-17-11)12(16-15)9-4-3-5-10(14)8-9/h3-5,8,11-13,16H,2,6-7,15H2,1H3. The van der Waals surface area contributed by atoms with Crippen molar-refractivity contribution in [2.24, 2.45) is 5.84 Å². The van der Waals surface area contributed by atoms with E-state index >= 15 is 0 Å². The first-order valence-corrected chi connectivity index (χ1v) is 8.30. The second-order valence-electron chi connectivity index (χ2n) is 4.35. The molecular weight excluding hydrogens is 267 g/mol. The minimum atomic E-state index is -0.200. The molecule has 0 aromatic heterocycles. The van der Waals surface area contributed by atoms with Gasteiger partial charge in [0.2, 0.25) is 0 Å². The number of rotatable bonds is 4. The summed E-state index contributed by atoms with van der Waals surface area (Å²) in [7, 11) is 0. The van der Waals surface area contributed by atoms with Gasteiger partial charge in [0.05, 0.1) is 6.04 Å². The molecule has 2 rings (SSSR count). The van der Waals surface area contributed by atoms with Crippen LogP contribution < -0.4 is 11.3 Å². The van der Waals surface area contributed by atoms with Crippen LogP contribution in [0.4, 0.5) is 4.39 Å². The van der Waals surface area contributed by atoms with Gasteiger partial charge >= 0.3 is 0 Å². The Morgan fingerprint density at radius 1 is 1.44 bits per heavy atom. The molecule has 0 radical (unpaired) electrons. The van der Waals surface area contributed by atoms with Crippen LogP contribution in [0, 0.1) is 5.82 Å². The molecule has 3 N–H and O–H groups in total. The fourth-order valence-corrected chi connectivity index (χ4v) is 5.56. The first kappa shape index (κ1) is 14.2. The van der Waals surface area contributed by atoms with Crippen LogP contribution in [0.3, 0.4) is 0 Å². The highest BCUT2D eigenvalue weighted by Crippen LogP contribution is 2.39. The van der Waals surface area contributed by atoms with Crippen molar-refractivity contribution in [1.29, 1.82) is 0 Å². The monoisotopic (exact) mass is 286 g/mol. The molecule has 1 aromatic carbocycles. The van der Waals surface area contributed by atoms with E-state index in [1.165, 1.54) is 11.8 Å². The van der Waals surface area contributed by atoms with E-state index in [9.17, 15) is 4.39 Å². The molecule has 3 atom stereocenters. The quantitative estimate of drug-likeness (QED) is 0.659. The molecule has 3 unspecified atom stereocenters. The summed E-state index contributed by atoms with van der Waals surface area (Å²) in [4.78, 5) is 0. The van der Waals surface area contributed by atoms with E-state index in [1.807, 2.05) is 29.6 Å². The number of hydrazine groups is 1. The second kappa shape index (κ2) is 6.80. The third-order valence-corrected chi connectivity index (χ3v) is 6.56. The average molecular weight is 286 g/mol. The molecule has 0 amide bonds. The number of hydrogen-bond donors (Lipinski definition) is 2. The minimum absolute atomic E-state index is 0.0171. The normalized spacial score (nSPS) is 25.9. The number of nitrogens with two attached hydrogens (primary N) is 1. The molecule has 2 nitrogen and oxygen atoms in total. The summed E-state index contributed by atoms with van der Waals surface area (Å²) >= 11 is 3.95. The maximum Gasteiger partial charge on any atom is 0.123 e. The number of nitrogens with one attached hydrogen (secondary N) is 1. The highest BCUT2D eigenvalue weighted by Gasteiger charge is 2.32. The Balaban J connectivity index is 2.21. The Labute approximate surface area is 116 Å². The van der Waals surface area contributed by atoms with Crippen molar-refractivity contribution in [1.82, 2.24) is 5.43 Å². The zero-order valence-corrected chi connectivity index (χ0v) is 12.1. The van der Waals surface area contributed by atoms with Gasteiger partial charge in [0.1, 0.15) is 5.82 Å². The molecular formula is C13H19FN2S2. The van der Waals surface area contributed by atoms with Crippen LogP contribution in [-0.4, -0.2) is 22.0 Å². The lowest BCUT2D eigenvalue weighted by molar-refractivity contribution is 0.509. The van der Waals surface area contributed by atoms with Crippen LogP contribution in [0.5, 0.6) is 0 Å². The smallest absolute Gasteiger partial charge is 0.123 e. The van der Waals surface area contributed by atoms with Crippen molar-refractivity contribution >= 4 is 23.5 Å². The van der Waals surface area contributed by atoms with Gasteiger partial charge in [-0.3, -0.25) is 11.3 Å². The number of halogens is 1. The lowest BCUT2D eigenvalue weighted by atomic mass is 10.0. The first-order valence-electron chi connectivity index (χ1n) is 6.21. The summed E-state index contributed by atoms with van der Waals surface area (Å²) in [6.45, 7) is 2.20. The number of thioether (sulfide) groups is 2. The maximum absolute atomic E-state index is 13.3. The van der Waals surface area contributed by atoms with E-state index in [1.54, 1.807) is 12.1 Å². The van der Waals surface area contributed by atoms with E-state index in [0.717, 1.165) is 17.7 Å². The van der Waals surface area contributed by atoms with E-state index < -0.39 is 0 Å². The van der Waals surface area contributed by atoms with Gasteiger partial charge in [-0.15, -0.1) is 0 Å². The summed E-state index contributed by atoms with van der Waals surface area (Å²) in [6.07, 6.45) is 1.12. The zero-order valence-electron chi connectivity index (χ0n) is 10.4. The van der Waals surface area contributed by atoms with E-state index in [0.29, 0.717) is 10.5 Å². The molecule has 5 heteroatoms. The molecule has 1 heterocycles. The fourth-order valence-electron chi connectivity index (χ4n) is 2.33.